The molecule has 90 valence electrons. The molecule has 2 atom stereocenters. The average Bonchev–Trinajstić information content (AvgIpc) is 2.92. The van der Waals surface area contributed by atoms with E-state index < -0.39 is 17.5 Å². The molecule has 2 rings (SSSR count). The monoisotopic (exact) mass is 227 g/mol. The maximum absolute atomic E-state index is 11.7. The van der Waals surface area contributed by atoms with Crippen molar-refractivity contribution in [3.05, 3.63) is 0 Å². The average molecular weight is 227 g/mol. The second kappa shape index (κ2) is 3.73. The third-order valence-electron chi connectivity index (χ3n) is 3.42. The van der Waals surface area contributed by atoms with Gasteiger partial charge in [-0.1, -0.05) is 13.3 Å². The lowest BCUT2D eigenvalue weighted by Gasteiger charge is -2.46. The molecule has 1 saturated carbocycles. The van der Waals surface area contributed by atoms with E-state index in [1.54, 1.807) is 4.90 Å². The Labute approximate surface area is 94.0 Å². The first-order valence-corrected chi connectivity index (χ1v) is 5.71. The molecule has 2 fully saturated rings. The Bertz CT molecular complexity index is 322. The highest BCUT2D eigenvalue weighted by molar-refractivity contribution is 5.90. The van der Waals surface area contributed by atoms with Crippen molar-refractivity contribution in [2.24, 2.45) is 11.8 Å². The van der Waals surface area contributed by atoms with Crippen LogP contribution in [0.2, 0.25) is 0 Å². The molecule has 0 spiro atoms. The van der Waals surface area contributed by atoms with Crippen molar-refractivity contribution < 1.29 is 19.8 Å². The second-order valence-corrected chi connectivity index (χ2v) is 4.96. The molecule has 1 amide bonds. The largest absolute Gasteiger partial charge is 0.481 e. The summed E-state index contributed by atoms with van der Waals surface area (Å²) in [5.41, 5.74) is -0.724. The van der Waals surface area contributed by atoms with Crippen molar-refractivity contribution >= 4 is 11.9 Å². The number of amides is 1. The van der Waals surface area contributed by atoms with Crippen LogP contribution >= 0.6 is 0 Å². The van der Waals surface area contributed by atoms with Crippen molar-refractivity contribution in [1.82, 2.24) is 4.90 Å². The number of hydrogen-bond donors (Lipinski definition) is 2. The molecule has 2 N–H and O–H groups in total. The lowest BCUT2D eigenvalue weighted by molar-refractivity contribution is -0.159. The lowest BCUT2D eigenvalue weighted by atomic mass is 9.89. The van der Waals surface area contributed by atoms with Crippen molar-refractivity contribution in [3.8, 4) is 0 Å². The minimum Gasteiger partial charge on any atom is -0.481 e. The zero-order chi connectivity index (χ0) is 11.9. The van der Waals surface area contributed by atoms with Gasteiger partial charge in [0.05, 0.1) is 30.5 Å². The summed E-state index contributed by atoms with van der Waals surface area (Å²) >= 11 is 0. The molecular weight excluding hydrogens is 210 g/mol. The fraction of sp³-hybridized carbons (Fsp3) is 0.818. The minimum absolute atomic E-state index is 0.104. The Morgan fingerprint density at radius 3 is 2.44 bits per heavy atom. The molecule has 0 aromatic heterocycles. The lowest BCUT2D eigenvalue weighted by Crippen LogP contribution is -2.63. The molecule has 2 aliphatic rings. The minimum atomic E-state index is -0.886. The van der Waals surface area contributed by atoms with Crippen LogP contribution in [0.25, 0.3) is 0 Å². The van der Waals surface area contributed by atoms with E-state index in [2.05, 4.69) is 0 Å². The molecule has 1 heterocycles. The number of aliphatic hydroxyl groups is 1. The summed E-state index contributed by atoms with van der Waals surface area (Å²) < 4.78 is 0. The number of hydrogen-bond acceptors (Lipinski definition) is 3. The number of carboxylic acid groups (broad SMARTS) is 1. The zero-order valence-electron chi connectivity index (χ0n) is 9.35. The van der Waals surface area contributed by atoms with Crippen LogP contribution in [0.15, 0.2) is 0 Å². The molecule has 5 heteroatoms. The van der Waals surface area contributed by atoms with Crippen molar-refractivity contribution in [2.45, 2.75) is 31.8 Å². The Morgan fingerprint density at radius 1 is 1.38 bits per heavy atom. The summed E-state index contributed by atoms with van der Waals surface area (Å²) in [6.45, 7) is 2.72. The molecular formula is C11H17NO4. The van der Waals surface area contributed by atoms with Crippen molar-refractivity contribution in [3.63, 3.8) is 0 Å². The van der Waals surface area contributed by atoms with Gasteiger partial charge in [-0.15, -0.1) is 0 Å². The Kier molecular flexibility index (Phi) is 2.66. The predicted octanol–water partition coefficient (Wildman–Crippen LogP) is 0.0805. The summed E-state index contributed by atoms with van der Waals surface area (Å²) in [7, 11) is 0. The van der Waals surface area contributed by atoms with Crippen molar-refractivity contribution in [1.29, 1.82) is 0 Å². The maximum Gasteiger partial charge on any atom is 0.307 e. The van der Waals surface area contributed by atoms with E-state index in [9.17, 15) is 14.7 Å². The van der Waals surface area contributed by atoms with Gasteiger partial charge in [-0.2, -0.15) is 0 Å². The number of nitrogens with zero attached hydrogens (tertiary/aromatic N) is 1. The highest BCUT2D eigenvalue weighted by Crippen LogP contribution is 2.42. The normalized spacial score (nSPS) is 30.8. The summed E-state index contributed by atoms with van der Waals surface area (Å²) in [4.78, 5) is 23.9. The van der Waals surface area contributed by atoms with Gasteiger partial charge in [0.15, 0.2) is 0 Å². The number of carboxylic acids is 1. The van der Waals surface area contributed by atoms with Crippen LogP contribution in [0.4, 0.5) is 0 Å². The molecule has 1 aliphatic heterocycles. The molecule has 1 aliphatic carbocycles. The number of likely N-dealkylation sites (tertiary alicyclic amines) is 1. The van der Waals surface area contributed by atoms with Crippen LogP contribution in [0.3, 0.4) is 0 Å². The first kappa shape index (κ1) is 11.4. The third kappa shape index (κ3) is 1.91. The van der Waals surface area contributed by atoms with E-state index in [0.29, 0.717) is 25.9 Å². The molecule has 2 unspecified atom stereocenters. The molecule has 5 nitrogen and oxygen atoms in total. The second-order valence-electron chi connectivity index (χ2n) is 4.96. The van der Waals surface area contributed by atoms with Gasteiger partial charge < -0.3 is 15.1 Å². The van der Waals surface area contributed by atoms with E-state index in [4.69, 9.17) is 5.11 Å². The van der Waals surface area contributed by atoms with Gasteiger partial charge in [0.1, 0.15) is 0 Å². The van der Waals surface area contributed by atoms with E-state index in [1.165, 1.54) is 0 Å². The van der Waals surface area contributed by atoms with Gasteiger partial charge in [0.25, 0.3) is 0 Å². The van der Waals surface area contributed by atoms with E-state index in [-0.39, 0.29) is 11.8 Å². The summed E-state index contributed by atoms with van der Waals surface area (Å²) in [5, 5.41) is 18.6. The first-order valence-electron chi connectivity index (χ1n) is 5.71. The van der Waals surface area contributed by atoms with E-state index in [0.717, 1.165) is 6.42 Å². The quantitative estimate of drug-likeness (QED) is 0.713. The van der Waals surface area contributed by atoms with Gasteiger partial charge in [-0.25, -0.2) is 0 Å². The first-order chi connectivity index (χ1) is 7.47. The molecule has 0 aromatic carbocycles. The molecule has 0 aromatic rings. The van der Waals surface area contributed by atoms with Crippen LogP contribution < -0.4 is 0 Å². The molecule has 16 heavy (non-hydrogen) atoms. The predicted molar refractivity (Wildman–Crippen MR) is 55.7 cm³/mol. The SMILES string of the molecule is CCCC1(O)CN(C(=O)C2CC2C(=O)O)C1. The van der Waals surface area contributed by atoms with Crippen LogP contribution in [0.1, 0.15) is 26.2 Å². The number of carbonyl (C=O) groups is 2. The fourth-order valence-electron chi connectivity index (χ4n) is 2.42. The highest BCUT2D eigenvalue weighted by atomic mass is 16.4. The number of aliphatic carboxylic acids is 1. The van der Waals surface area contributed by atoms with Crippen LogP contribution in [0.5, 0.6) is 0 Å². The number of carbonyl (C=O) groups excluding carboxylic acids is 1. The smallest absolute Gasteiger partial charge is 0.307 e. The summed E-state index contributed by atoms with van der Waals surface area (Å²) in [5.74, 6) is -1.83. The summed E-state index contributed by atoms with van der Waals surface area (Å²) in [6.07, 6.45) is 2.04. The highest BCUT2D eigenvalue weighted by Gasteiger charge is 2.53. The Morgan fingerprint density at radius 2 is 2.00 bits per heavy atom. The van der Waals surface area contributed by atoms with E-state index in [1.807, 2.05) is 6.92 Å². The molecule has 0 radical (unpaired) electrons. The van der Waals surface area contributed by atoms with Gasteiger partial charge in [-0.3, -0.25) is 9.59 Å². The van der Waals surface area contributed by atoms with Gasteiger partial charge in [0, 0.05) is 0 Å². The Hall–Kier alpha value is -1.10. The van der Waals surface area contributed by atoms with Crippen LogP contribution in [-0.2, 0) is 9.59 Å². The Balaban J connectivity index is 1.80. The maximum atomic E-state index is 11.7. The van der Waals surface area contributed by atoms with Crippen LogP contribution in [0, 0.1) is 11.8 Å². The topological polar surface area (TPSA) is 77.8 Å². The number of rotatable bonds is 4. The van der Waals surface area contributed by atoms with Gasteiger partial charge >= 0.3 is 5.97 Å². The standard InChI is InChI=1S/C11H17NO4/c1-2-3-11(16)5-12(6-11)9(13)7-4-8(7)10(14)15/h7-8,16H,2-6H2,1H3,(H,14,15). The van der Waals surface area contributed by atoms with Crippen LogP contribution in [-0.4, -0.2) is 45.7 Å². The van der Waals surface area contributed by atoms with Crippen molar-refractivity contribution in [2.75, 3.05) is 13.1 Å². The van der Waals surface area contributed by atoms with Gasteiger partial charge in [0.2, 0.25) is 5.91 Å². The third-order valence-corrected chi connectivity index (χ3v) is 3.42. The molecule has 1 saturated heterocycles. The van der Waals surface area contributed by atoms with E-state index >= 15 is 0 Å². The summed E-state index contributed by atoms with van der Waals surface area (Å²) in [6, 6.07) is 0. The van der Waals surface area contributed by atoms with Gasteiger partial charge in [-0.05, 0) is 12.8 Å². The fourth-order valence-corrected chi connectivity index (χ4v) is 2.42. The molecule has 0 bridgehead atoms. The zero-order valence-corrected chi connectivity index (χ0v) is 9.35. The number of β-amino-alcohol motifs (C(OH)–C–C–N with tert-alkyl or cyclic N) is 1.